The number of halogens is 3. The molecular formula is C15H13F3O2. The summed E-state index contributed by atoms with van der Waals surface area (Å²) in [6, 6.07) is 8.56. The minimum Gasteiger partial charge on any atom is -0.496 e. The van der Waals surface area contributed by atoms with E-state index in [2.05, 4.69) is 0 Å². The second-order valence-corrected chi connectivity index (χ2v) is 4.33. The third-order valence-corrected chi connectivity index (χ3v) is 3.00. The summed E-state index contributed by atoms with van der Waals surface area (Å²) in [5.41, 5.74) is 0.667. The molecule has 0 heterocycles. The summed E-state index contributed by atoms with van der Waals surface area (Å²) in [6.07, 6.45) is -1.05. The number of para-hydroxylation sites is 1. The van der Waals surface area contributed by atoms with Crippen LogP contribution in [0.25, 0.3) is 0 Å². The number of aliphatic hydroxyl groups is 1. The Kier molecular flexibility index (Phi) is 4.29. The molecule has 0 aliphatic carbocycles. The van der Waals surface area contributed by atoms with Crippen molar-refractivity contribution in [1.82, 2.24) is 0 Å². The van der Waals surface area contributed by atoms with Gasteiger partial charge in [-0.15, -0.1) is 0 Å². The van der Waals surface area contributed by atoms with Gasteiger partial charge in [0.25, 0.3) is 0 Å². The van der Waals surface area contributed by atoms with E-state index < -0.39 is 23.6 Å². The van der Waals surface area contributed by atoms with E-state index in [1.54, 1.807) is 24.3 Å². The lowest BCUT2D eigenvalue weighted by molar-refractivity contribution is 0.176. The quantitative estimate of drug-likeness (QED) is 0.871. The third-order valence-electron chi connectivity index (χ3n) is 3.00. The zero-order valence-corrected chi connectivity index (χ0v) is 10.7. The van der Waals surface area contributed by atoms with Gasteiger partial charge in [0.15, 0.2) is 17.5 Å². The number of hydrogen-bond donors (Lipinski definition) is 1. The topological polar surface area (TPSA) is 29.5 Å². The van der Waals surface area contributed by atoms with E-state index in [1.165, 1.54) is 7.11 Å². The van der Waals surface area contributed by atoms with E-state index in [-0.39, 0.29) is 12.0 Å². The average molecular weight is 282 g/mol. The van der Waals surface area contributed by atoms with Gasteiger partial charge in [0, 0.05) is 6.42 Å². The summed E-state index contributed by atoms with van der Waals surface area (Å²) in [5, 5.41) is 10.0. The van der Waals surface area contributed by atoms with Gasteiger partial charge in [0.2, 0.25) is 0 Å². The molecule has 0 amide bonds. The zero-order valence-electron chi connectivity index (χ0n) is 10.7. The Bertz CT molecular complexity index is 591. The van der Waals surface area contributed by atoms with Crippen molar-refractivity contribution in [3.63, 3.8) is 0 Å². The van der Waals surface area contributed by atoms with Crippen LogP contribution in [-0.2, 0) is 6.42 Å². The van der Waals surface area contributed by atoms with Gasteiger partial charge in [-0.2, -0.15) is 0 Å². The van der Waals surface area contributed by atoms with Gasteiger partial charge in [-0.05, 0) is 29.3 Å². The first-order valence-electron chi connectivity index (χ1n) is 5.97. The van der Waals surface area contributed by atoms with Gasteiger partial charge in [0.1, 0.15) is 5.75 Å². The van der Waals surface area contributed by atoms with Crippen LogP contribution in [-0.4, -0.2) is 12.2 Å². The molecule has 0 saturated heterocycles. The Balaban J connectivity index is 2.26. The molecule has 106 valence electrons. The highest BCUT2D eigenvalue weighted by atomic mass is 19.2. The molecule has 0 radical (unpaired) electrons. The minimum atomic E-state index is -1.54. The van der Waals surface area contributed by atoms with Crippen molar-refractivity contribution < 1.29 is 23.0 Å². The van der Waals surface area contributed by atoms with Gasteiger partial charge in [-0.1, -0.05) is 18.2 Å². The van der Waals surface area contributed by atoms with E-state index in [9.17, 15) is 18.3 Å². The number of ether oxygens (including phenoxy) is 1. The normalized spacial score (nSPS) is 12.2. The van der Waals surface area contributed by atoms with Crippen molar-refractivity contribution in [1.29, 1.82) is 0 Å². The van der Waals surface area contributed by atoms with E-state index >= 15 is 0 Å². The highest BCUT2D eigenvalue weighted by Gasteiger charge is 2.17. The minimum absolute atomic E-state index is 0.0210. The lowest BCUT2D eigenvalue weighted by Gasteiger charge is -2.14. The molecule has 0 saturated carbocycles. The van der Waals surface area contributed by atoms with E-state index in [0.717, 1.165) is 12.1 Å². The van der Waals surface area contributed by atoms with Crippen molar-refractivity contribution >= 4 is 0 Å². The smallest absolute Gasteiger partial charge is 0.194 e. The number of methoxy groups -OCH3 is 1. The van der Waals surface area contributed by atoms with Crippen LogP contribution in [0.15, 0.2) is 36.4 Å². The number of rotatable bonds is 4. The molecule has 0 aliphatic rings. The second-order valence-electron chi connectivity index (χ2n) is 4.33. The van der Waals surface area contributed by atoms with Crippen LogP contribution in [0.4, 0.5) is 13.2 Å². The molecule has 20 heavy (non-hydrogen) atoms. The highest BCUT2D eigenvalue weighted by molar-refractivity contribution is 5.35. The van der Waals surface area contributed by atoms with Crippen LogP contribution < -0.4 is 4.74 Å². The molecule has 0 aromatic heterocycles. The molecule has 0 fully saturated rings. The zero-order chi connectivity index (χ0) is 14.7. The largest absolute Gasteiger partial charge is 0.496 e. The molecule has 2 rings (SSSR count). The van der Waals surface area contributed by atoms with Crippen molar-refractivity contribution in [2.24, 2.45) is 0 Å². The van der Waals surface area contributed by atoms with Crippen molar-refractivity contribution in [3.05, 3.63) is 65.0 Å². The first kappa shape index (κ1) is 14.4. The molecule has 2 nitrogen and oxygen atoms in total. The Morgan fingerprint density at radius 1 is 1.10 bits per heavy atom. The third kappa shape index (κ3) is 2.93. The maximum atomic E-state index is 13.1. The Labute approximate surface area is 114 Å². The molecule has 0 aliphatic heterocycles. The molecule has 0 spiro atoms. The fraction of sp³-hybridized carbons (Fsp3) is 0.200. The summed E-state index contributed by atoms with van der Waals surface area (Å²) in [4.78, 5) is 0. The van der Waals surface area contributed by atoms with Gasteiger partial charge < -0.3 is 9.84 Å². The summed E-state index contributed by atoms with van der Waals surface area (Å²) < 4.78 is 44.3. The monoisotopic (exact) mass is 282 g/mol. The van der Waals surface area contributed by atoms with E-state index in [4.69, 9.17) is 4.74 Å². The van der Waals surface area contributed by atoms with Crippen LogP contribution in [0, 0.1) is 17.5 Å². The second kappa shape index (κ2) is 5.96. The average Bonchev–Trinajstić information content (AvgIpc) is 2.44. The van der Waals surface area contributed by atoms with Crippen LogP contribution in [0.1, 0.15) is 17.2 Å². The number of benzene rings is 2. The molecule has 5 heteroatoms. The van der Waals surface area contributed by atoms with Gasteiger partial charge >= 0.3 is 0 Å². The van der Waals surface area contributed by atoms with Crippen LogP contribution >= 0.6 is 0 Å². The van der Waals surface area contributed by atoms with Gasteiger partial charge in [-0.25, -0.2) is 13.2 Å². The number of aliphatic hydroxyl groups excluding tert-OH is 1. The Hall–Kier alpha value is -2.01. The predicted octanol–water partition coefficient (Wildman–Crippen LogP) is 3.39. The molecule has 2 aromatic carbocycles. The Morgan fingerprint density at radius 3 is 2.30 bits per heavy atom. The van der Waals surface area contributed by atoms with Crippen LogP contribution in [0.2, 0.25) is 0 Å². The standard InChI is InChI=1S/C15H13F3O2/c1-20-14-5-3-2-4-9(14)8-13(19)10-6-11(16)15(18)12(17)7-10/h2-7,13,19H,8H2,1H3. The molecule has 1 unspecified atom stereocenters. The molecule has 1 atom stereocenters. The summed E-state index contributed by atoms with van der Waals surface area (Å²) in [5.74, 6) is -3.62. The van der Waals surface area contributed by atoms with E-state index in [0.29, 0.717) is 11.3 Å². The lowest BCUT2D eigenvalue weighted by Crippen LogP contribution is -2.05. The molecule has 1 N–H and O–H groups in total. The highest BCUT2D eigenvalue weighted by Crippen LogP contribution is 2.26. The van der Waals surface area contributed by atoms with Crippen LogP contribution in [0.3, 0.4) is 0 Å². The van der Waals surface area contributed by atoms with Crippen molar-refractivity contribution in [2.75, 3.05) is 7.11 Å². The summed E-state index contributed by atoms with van der Waals surface area (Å²) in [6.45, 7) is 0. The maximum absolute atomic E-state index is 13.1. The van der Waals surface area contributed by atoms with Crippen LogP contribution in [0.5, 0.6) is 5.75 Å². The summed E-state index contributed by atoms with van der Waals surface area (Å²) >= 11 is 0. The van der Waals surface area contributed by atoms with Gasteiger partial charge in [-0.3, -0.25) is 0 Å². The van der Waals surface area contributed by atoms with Gasteiger partial charge in [0.05, 0.1) is 13.2 Å². The fourth-order valence-electron chi connectivity index (χ4n) is 1.97. The fourth-order valence-corrected chi connectivity index (χ4v) is 1.97. The lowest BCUT2D eigenvalue weighted by atomic mass is 10.0. The Morgan fingerprint density at radius 2 is 1.70 bits per heavy atom. The molecular weight excluding hydrogens is 269 g/mol. The number of hydrogen-bond acceptors (Lipinski definition) is 2. The predicted molar refractivity (Wildman–Crippen MR) is 68.0 cm³/mol. The maximum Gasteiger partial charge on any atom is 0.194 e. The first-order chi connectivity index (χ1) is 9.52. The molecule has 0 bridgehead atoms. The first-order valence-corrected chi connectivity index (χ1v) is 5.97. The molecule has 2 aromatic rings. The SMILES string of the molecule is COc1ccccc1CC(O)c1cc(F)c(F)c(F)c1. The van der Waals surface area contributed by atoms with Crippen molar-refractivity contribution in [2.45, 2.75) is 12.5 Å². The summed E-state index contributed by atoms with van der Waals surface area (Å²) in [7, 11) is 1.49. The van der Waals surface area contributed by atoms with E-state index in [1.807, 2.05) is 0 Å². The van der Waals surface area contributed by atoms with Crippen molar-refractivity contribution in [3.8, 4) is 5.75 Å².